The number of nitro groups is 1. The van der Waals surface area contributed by atoms with Crippen LogP contribution in [0.3, 0.4) is 0 Å². The Balaban J connectivity index is 1.89. The third kappa shape index (κ3) is 2.34. The molecule has 4 rings (SSSR count). The Bertz CT molecular complexity index is 894. The van der Waals surface area contributed by atoms with E-state index in [0.29, 0.717) is 0 Å². The lowest BCUT2D eigenvalue weighted by Crippen LogP contribution is -2.33. The molecule has 0 aromatic heterocycles. The first-order chi connectivity index (χ1) is 12.4. The minimum Gasteiger partial charge on any atom is -0.490 e. The largest absolute Gasteiger partial charge is 0.490 e. The molecule has 2 aromatic carbocycles. The maximum atomic E-state index is 11.4. The van der Waals surface area contributed by atoms with E-state index in [1.54, 1.807) is 12.1 Å². The zero-order valence-corrected chi connectivity index (χ0v) is 15.2. The van der Waals surface area contributed by atoms with Crippen LogP contribution in [0, 0.1) is 15.5 Å². The first-order valence-corrected chi connectivity index (χ1v) is 8.97. The van der Waals surface area contributed by atoms with Crippen LogP contribution < -0.4 is 4.74 Å². The lowest BCUT2D eigenvalue weighted by atomic mass is 9.71. The molecule has 0 aliphatic heterocycles. The summed E-state index contributed by atoms with van der Waals surface area (Å²) in [5.41, 5.74) is 4.24. The van der Waals surface area contributed by atoms with Gasteiger partial charge in [0, 0.05) is 17.9 Å². The molecule has 2 aliphatic carbocycles. The van der Waals surface area contributed by atoms with Crippen LogP contribution in [-0.2, 0) is 12.8 Å². The summed E-state index contributed by atoms with van der Waals surface area (Å²) in [6, 6.07) is 11.7. The molecule has 26 heavy (non-hydrogen) atoms. The maximum absolute atomic E-state index is 11.4. The summed E-state index contributed by atoms with van der Waals surface area (Å²) in [7, 11) is 1.46. The number of hydrogen-bond acceptors (Lipinski definition) is 4. The average molecular weight is 353 g/mol. The summed E-state index contributed by atoms with van der Waals surface area (Å²) in [6.45, 7) is 4.18. The summed E-state index contributed by atoms with van der Waals surface area (Å²) < 4.78 is 5.28. The predicted octanol–water partition coefficient (Wildman–Crippen LogP) is 3.97. The molecule has 5 heteroatoms. The lowest BCUT2D eigenvalue weighted by molar-refractivity contribution is -0.385. The zero-order chi connectivity index (χ0) is 18.6. The monoisotopic (exact) mass is 353 g/mol. The van der Waals surface area contributed by atoms with Gasteiger partial charge in [-0.05, 0) is 46.6 Å². The molecule has 0 radical (unpaired) electrons. The second-order valence-corrected chi connectivity index (χ2v) is 7.94. The Labute approximate surface area is 152 Å². The molecule has 4 unspecified atom stereocenters. The van der Waals surface area contributed by atoms with Gasteiger partial charge < -0.3 is 9.84 Å². The van der Waals surface area contributed by atoms with E-state index >= 15 is 0 Å². The normalized spacial score (nSPS) is 29.3. The highest BCUT2D eigenvalue weighted by Gasteiger charge is 2.50. The maximum Gasteiger partial charge on any atom is 0.311 e. The van der Waals surface area contributed by atoms with Crippen LogP contribution in [0.5, 0.6) is 5.75 Å². The summed E-state index contributed by atoms with van der Waals surface area (Å²) >= 11 is 0. The van der Waals surface area contributed by atoms with Gasteiger partial charge in [0.15, 0.2) is 5.75 Å². The van der Waals surface area contributed by atoms with E-state index in [2.05, 4.69) is 19.1 Å². The quantitative estimate of drug-likeness (QED) is 0.655. The number of rotatable bonds is 2. The zero-order valence-electron chi connectivity index (χ0n) is 15.2. The van der Waals surface area contributed by atoms with Gasteiger partial charge in [0.1, 0.15) is 0 Å². The van der Waals surface area contributed by atoms with Crippen LogP contribution >= 0.6 is 0 Å². The van der Waals surface area contributed by atoms with Crippen molar-refractivity contribution < 1.29 is 14.8 Å². The van der Waals surface area contributed by atoms with Crippen LogP contribution in [0.25, 0.3) is 0 Å². The number of aliphatic hydroxyl groups excluding tert-OH is 1. The minimum atomic E-state index is -0.585. The van der Waals surface area contributed by atoms with Crippen molar-refractivity contribution in [2.24, 2.45) is 5.41 Å². The van der Waals surface area contributed by atoms with Crippen molar-refractivity contribution in [2.75, 3.05) is 7.11 Å². The third-order valence-electron chi connectivity index (χ3n) is 6.31. The fraction of sp³-hybridized carbons (Fsp3) is 0.429. The molecule has 5 nitrogen and oxygen atoms in total. The number of methoxy groups -OCH3 is 1. The van der Waals surface area contributed by atoms with Crippen molar-refractivity contribution in [2.45, 2.75) is 44.6 Å². The highest BCUT2D eigenvalue weighted by atomic mass is 16.6. The van der Waals surface area contributed by atoms with Gasteiger partial charge in [0.25, 0.3) is 0 Å². The van der Waals surface area contributed by atoms with Crippen molar-refractivity contribution in [1.29, 1.82) is 0 Å². The van der Waals surface area contributed by atoms with E-state index in [0.717, 1.165) is 24.0 Å². The standard InChI is InChI=1S/C21H23NO4/c1-12-16-9-17(22(24)25)18(26-3)8-14(16)11-21(2)10-13-6-4-5-7-15(13)19(21)20(12)23/h4-9,12,19-20,23H,10-11H2,1-3H3. The number of fused-ring (bicyclic) bond motifs is 4. The molecule has 2 aromatic rings. The summed E-state index contributed by atoms with van der Waals surface area (Å²) in [6.07, 6.45) is 1.08. The lowest BCUT2D eigenvalue weighted by Gasteiger charge is -2.34. The Hall–Kier alpha value is -2.40. The van der Waals surface area contributed by atoms with Crippen molar-refractivity contribution in [3.05, 3.63) is 68.8 Å². The topological polar surface area (TPSA) is 72.6 Å². The Morgan fingerprint density at radius 3 is 2.58 bits per heavy atom. The van der Waals surface area contributed by atoms with Gasteiger partial charge in [-0.25, -0.2) is 0 Å². The molecular formula is C21H23NO4. The van der Waals surface area contributed by atoms with Crippen LogP contribution in [0.4, 0.5) is 5.69 Å². The number of nitrogens with zero attached hydrogens (tertiary/aromatic N) is 1. The van der Waals surface area contributed by atoms with E-state index in [1.807, 2.05) is 19.1 Å². The SMILES string of the molecule is COc1cc2c(cc1[N+](=O)[O-])C(C)C(O)C1c3ccccc3CC1(C)C2. The van der Waals surface area contributed by atoms with Gasteiger partial charge in [-0.2, -0.15) is 0 Å². The molecule has 0 saturated heterocycles. The van der Waals surface area contributed by atoms with Crippen molar-refractivity contribution in [3.8, 4) is 5.75 Å². The first-order valence-electron chi connectivity index (χ1n) is 8.97. The molecule has 0 saturated carbocycles. The van der Waals surface area contributed by atoms with Gasteiger partial charge in [-0.1, -0.05) is 38.1 Å². The molecule has 0 amide bonds. The molecule has 136 valence electrons. The third-order valence-corrected chi connectivity index (χ3v) is 6.31. The van der Waals surface area contributed by atoms with Crippen LogP contribution in [0.15, 0.2) is 36.4 Å². The highest BCUT2D eigenvalue weighted by Crippen LogP contribution is 2.56. The second-order valence-electron chi connectivity index (χ2n) is 7.94. The summed E-state index contributed by atoms with van der Waals surface area (Å²) in [4.78, 5) is 11.0. The molecule has 2 aliphatic rings. The molecular weight excluding hydrogens is 330 g/mol. The Kier molecular flexibility index (Phi) is 3.81. The predicted molar refractivity (Wildman–Crippen MR) is 98.8 cm³/mol. The fourth-order valence-electron chi connectivity index (χ4n) is 5.11. The number of nitro benzene ring substituents is 1. The average Bonchev–Trinajstić information content (AvgIpc) is 2.87. The summed E-state index contributed by atoms with van der Waals surface area (Å²) in [5, 5.41) is 22.7. The molecule has 1 N–H and O–H groups in total. The van der Waals surface area contributed by atoms with Gasteiger partial charge in [-0.3, -0.25) is 10.1 Å². The van der Waals surface area contributed by atoms with E-state index < -0.39 is 11.0 Å². The van der Waals surface area contributed by atoms with Crippen molar-refractivity contribution in [1.82, 2.24) is 0 Å². The van der Waals surface area contributed by atoms with Crippen LogP contribution in [0.1, 0.15) is 47.9 Å². The highest BCUT2D eigenvalue weighted by molar-refractivity contribution is 5.55. The smallest absolute Gasteiger partial charge is 0.311 e. The van der Waals surface area contributed by atoms with Gasteiger partial charge >= 0.3 is 5.69 Å². The molecule has 0 bridgehead atoms. The van der Waals surface area contributed by atoms with Crippen molar-refractivity contribution in [3.63, 3.8) is 0 Å². The molecule has 4 atom stereocenters. The second kappa shape index (κ2) is 5.81. The van der Waals surface area contributed by atoms with Crippen molar-refractivity contribution >= 4 is 5.69 Å². The number of aliphatic hydroxyl groups is 1. The number of ether oxygens (including phenoxy) is 1. The van der Waals surface area contributed by atoms with E-state index in [9.17, 15) is 15.2 Å². The molecule has 0 spiro atoms. The molecule has 0 heterocycles. The van der Waals surface area contributed by atoms with Crippen LogP contribution in [-0.4, -0.2) is 23.2 Å². The minimum absolute atomic E-state index is 0.0196. The van der Waals surface area contributed by atoms with Gasteiger partial charge in [0.05, 0.1) is 18.1 Å². The fourth-order valence-corrected chi connectivity index (χ4v) is 5.11. The number of benzene rings is 2. The number of hydrogen-bond donors (Lipinski definition) is 1. The Morgan fingerprint density at radius 2 is 1.88 bits per heavy atom. The molecule has 0 fully saturated rings. The van der Waals surface area contributed by atoms with E-state index in [1.165, 1.54) is 18.2 Å². The van der Waals surface area contributed by atoms with Gasteiger partial charge in [0.2, 0.25) is 0 Å². The van der Waals surface area contributed by atoms with Crippen LogP contribution in [0.2, 0.25) is 0 Å². The first kappa shape index (κ1) is 17.0. The van der Waals surface area contributed by atoms with E-state index in [4.69, 9.17) is 4.74 Å². The Morgan fingerprint density at radius 1 is 1.19 bits per heavy atom. The summed E-state index contributed by atoms with van der Waals surface area (Å²) in [5.74, 6) is 0.117. The van der Waals surface area contributed by atoms with E-state index in [-0.39, 0.29) is 28.7 Å². The van der Waals surface area contributed by atoms with Gasteiger partial charge in [-0.15, -0.1) is 0 Å².